The second-order valence-corrected chi connectivity index (χ2v) is 6.43. The summed E-state index contributed by atoms with van der Waals surface area (Å²) in [5, 5.41) is 0. The quantitative estimate of drug-likeness (QED) is 0.800. The van der Waals surface area contributed by atoms with E-state index in [4.69, 9.17) is 0 Å². The number of hydrogen-bond acceptors (Lipinski definition) is 2. The molecule has 0 radical (unpaired) electrons. The first-order valence-electron chi connectivity index (χ1n) is 8.81. The van der Waals surface area contributed by atoms with Crippen LogP contribution < -0.4 is 0 Å². The molecule has 0 bridgehead atoms. The summed E-state index contributed by atoms with van der Waals surface area (Å²) in [5.41, 5.74) is 0.476. The van der Waals surface area contributed by atoms with Gasteiger partial charge in [0.15, 0.2) is 0 Å². The summed E-state index contributed by atoms with van der Waals surface area (Å²) in [4.78, 5) is 27.9. The molecular weight excluding hydrogens is 307 g/mol. The third kappa shape index (κ3) is 4.79. The van der Waals surface area contributed by atoms with Crippen molar-refractivity contribution in [1.82, 2.24) is 9.80 Å². The summed E-state index contributed by atoms with van der Waals surface area (Å²) in [7, 11) is 0. The maximum Gasteiger partial charge on any atom is 0.224 e. The topological polar surface area (TPSA) is 40.6 Å². The van der Waals surface area contributed by atoms with E-state index in [1.54, 1.807) is 23.1 Å². The highest BCUT2D eigenvalue weighted by atomic mass is 19.1. The number of nitrogens with zero attached hydrogens (tertiary/aromatic N) is 2. The van der Waals surface area contributed by atoms with Crippen LogP contribution in [0.2, 0.25) is 0 Å². The molecule has 1 unspecified atom stereocenters. The van der Waals surface area contributed by atoms with Gasteiger partial charge in [-0.05, 0) is 31.7 Å². The molecule has 1 heterocycles. The van der Waals surface area contributed by atoms with Crippen molar-refractivity contribution in [3.63, 3.8) is 0 Å². The van der Waals surface area contributed by atoms with E-state index in [1.807, 2.05) is 4.90 Å². The molecule has 1 fully saturated rings. The van der Waals surface area contributed by atoms with Crippen LogP contribution in [0.5, 0.6) is 0 Å². The first-order valence-corrected chi connectivity index (χ1v) is 8.81. The normalized spacial score (nSPS) is 17.6. The number of piperidine rings is 1. The Morgan fingerprint density at radius 1 is 1.29 bits per heavy atom. The first kappa shape index (κ1) is 18.4. The van der Waals surface area contributed by atoms with Gasteiger partial charge in [0.1, 0.15) is 5.82 Å². The number of amides is 2. The lowest BCUT2D eigenvalue weighted by Crippen LogP contribution is -2.44. The zero-order valence-electron chi connectivity index (χ0n) is 14.6. The van der Waals surface area contributed by atoms with Gasteiger partial charge >= 0.3 is 0 Å². The van der Waals surface area contributed by atoms with Crippen molar-refractivity contribution in [2.24, 2.45) is 0 Å². The van der Waals surface area contributed by atoms with Gasteiger partial charge in [-0.15, -0.1) is 0 Å². The summed E-state index contributed by atoms with van der Waals surface area (Å²) >= 11 is 0. The van der Waals surface area contributed by atoms with Gasteiger partial charge in [0.2, 0.25) is 11.8 Å². The largest absolute Gasteiger partial charge is 0.340 e. The molecule has 0 spiro atoms. The fraction of sp³-hybridized carbons (Fsp3) is 0.579. The molecule has 1 atom stereocenters. The fourth-order valence-electron chi connectivity index (χ4n) is 3.31. The Hall–Kier alpha value is -1.91. The maximum absolute atomic E-state index is 13.8. The molecule has 0 saturated carbocycles. The molecule has 0 aliphatic carbocycles. The van der Waals surface area contributed by atoms with Crippen LogP contribution in [0.25, 0.3) is 0 Å². The number of benzene rings is 1. The molecule has 2 rings (SSSR count). The summed E-state index contributed by atoms with van der Waals surface area (Å²) in [6.45, 7) is 4.91. The first-order chi connectivity index (χ1) is 11.5. The van der Waals surface area contributed by atoms with E-state index in [-0.39, 0.29) is 24.2 Å². The van der Waals surface area contributed by atoms with Gasteiger partial charge in [-0.25, -0.2) is 4.39 Å². The second-order valence-electron chi connectivity index (χ2n) is 6.43. The molecule has 0 N–H and O–H groups in total. The van der Waals surface area contributed by atoms with Crippen molar-refractivity contribution in [3.05, 3.63) is 35.6 Å². The molecule has 1 aromatic carbocycles. The van der Waals surface area contributed by atoms with Crippen LogP contribution in [0.1, 0.15) is 51.5 Å². The average Bonchev–Trinajstić information content (AvgIpc) is 2.59. The highest BCUT2D eigenvalue weighted by molar-refractivity contribution is 5.78. The Morgan fingerprint density at radius 3 is 2.71 bits per heavy atom. The summed E-state index contributed by atoms with van der Waals surface area (Å²) in [6.07, 6.45) is 4.55. The van der Waals surface area contributed by atoms with Crippen molar-refractivity contribution < 1.29 is 14.0 Å². The number of likely N-dealkylation sites (tertiary alicyclic amines) is 1. The Balaban J connectivity index is 1.94. The highest BCUT2D eigenvalue weighted by Crippen LogP contribution is 2.20. The fourth-order valence-corrected chi connectivity index (χ4v) is 3.31. The lowest BCUT2D eigenvalue weighted by Gasteiger charge is -2.35. The van der Waals surface area contributed by atoms with Crippen LogP contribution in [0.15, 0.2) is 24.3 Å². The Morgan fingerprint density at radius 2 is 2.04 bits per heavy atom. The highest BCUT2D eigenvalue weighted by Gasteiger charge is 2.25. The van der Waals surface area contributed by atoms with Crippen LogP contribution in [0, 0.1) is 5.82 Å². The second kappa shape index (κ2) is 8.81. The molecule has 1 saturated heterocycles. The maximum atomic E-state index is 13.8. The lowest BCUT2D eigenvalue weighted by molar-refractivity contribution is -0.136. The predicted molar refractivity (Wildman–Crippen MR) is 91.8 cm³/mol. The van der Waals surface area contributed by atoms with Crippen LogP contribution in [0.4, 0.5) is 4.39 Å². The molecule has 1 aliphatic rings. The zero-order valence-corrected chi connectivity index (χ0v) is 14.6. The van der Waals surface area contributed by atoms with Gasteiger partial charge in [-0.2, -0.15) is 0 Å². The molecule has 4 nitrogen and oxygen atoms in total. The van der Waals surface area contributed by atoms with E-state index in [9.17, 15) is 14.0 Å². The van der Waals surface area contributed by atoms with Crippen molar-refractivity contribution in [2.45, 2.75) is 58.5 Å². The van der Waals surface area contributed by atoms with Crippen LogP contribution in [0.3, 0.4) is 0 Å². The smallest absolute Gasteiger partial charge is 0.224 e. The number of carbonyl (C=O) groups is 2. The molecule has 1 aliphatic heterocycles. The van der Waals surface area contributed by atoms with Gasteiger partial charge in [-0.3, -0.25) is 9.59 Å². The molecule has 5 heteroatoms. The monoisotopic (exact) mass is 334 g/mol. The number of rotatable bonds is 6. The van der Waals surface area contributed by atoms with Crippen LogP contribution in [-0.2, 0) is 16.1 Å². The molecule has 24 heavy (non-hydrogen) atoms. The minimum absolute atomic E-state index is 0.0985. The van der Waals surface area contributed by atoms with E-state index in [0.717, 1.165) is 25.8 Å². The van der Waals surface area contributed by atoms with Gasteiger partial charge in [0, 0.05) is 44.6 Å². The minimum Gasteiger partial charge on any atom is -0.340 e. The lowest BCUT2D eigenvalue weighted by atomic mass is 9.99. The molecule has 2 amide bonds. The van der Waals surface area contributed by atoms with E-state index in [0.29, 0.717) is 24.6 Å². The van der Waals surface area contributed by atoms with Crippen molar-refractivity contribution >= 4 is 11.8 Å². The summed E-state index contributed by atoms with van der Waals surface area (Å²) in [5.74, 6) is -0.366. The summed E-state index contributed by atoms with van der Waals surface area (Å²) in [6, 6.07) is 6.76. The van der Waals surface area contributed by atoms with E-state index in [2.05, 4.69) is 6.92 Å². The minimum atomic E-state index is -0.322. The van der Waals surface area contributed by atoms with Crippen molar-refractivity contribution in [2.75, 3.05) is 13.1 Å². The van der Waals surface area contributed by atoms with E-state index in [1.165, 1.54) is 19.4 Å². The SMILES string of the molecule is CCC1CCCCN1C(=O)CCN(Cc1ccccc1F)C(C)=O. The van der Waals surface area contributed by atoms with Crippen molar-refractivity contribution in [1.29, 1.82) is 0 Å². The van der Waals surface area contributed by atoms with E-state index < -0.39 is 0 Å². The Labute approximate surface area is 143 Å². The Kier molecular flexibility index (Phi) is 6.76. The molecule has 1 aromatic rings. The van der Waals surface area contributed by atoms with Gasteiger partial charge < -0.3 is 9.80 Å². The molecule has 0 aromatic heterocycles. The number of hydrogen-bond donors (Lipinski definition) is 0. The molecular formula is C19H27FN2O2. The van der Waals surface area contributed by atoms with Crippen LogP contribution >= 0.6 is 0 Å². The number of halogens is 1. The standard InChI is InChI=1S/C19H27FN2O2/c1-3-17-9-6-7-12-22(17)19(24)11-13-21(15(2)23)14-16-8-4-5-10-18(16)20/h4-5,8,10,17H,3,6-7,9,11-14H2,1-2H3. The third-order valence-electron chi connectivity index (χ3n) is 4.78. The van der Waals surface area contributed by atoms with Crippen LogP contribution in [-0.4, -0.2) is 40.7 Å². The summed E-state index contributed by atoms with van der Waals surface area (Å²) < 4.78 is 13.8. The number of carbonyl (C=O) groups excluding carboxylic acids is 2. The predicted octanol–water partition coefficient (Wildman–Crippen LogP) is 3.36. The third-order valence-corrected chi connectivity index (χ3v) is 4.78. The van der Waals surface area contributed by atoms with Gasteiger partial charge in [0.25, 0.3) is 0 Å². The Bertz CT molecular complexity index is 576. The zero-order chi connectivity index (χ0) is 17.5. The van der Waals surface area contributed by atoms with Gasteiger partial charge in [-0.1, -0.05) is 25.1 Å². The average molecular weight is 334 g/mol. The van der Waals surface area contributed by atoms with E-state index >= 15 is 0 Å². The van der Waals surface area contributed by atoms with Gasteiger partial charge in [0.05, 0.1) is 0 Å². The van der Waals surface area contributed by atoms with Crippen molar-refractivity contribution in [3.8, 4) is 0 Å². The molecule has 132 valence electrons.